The molecule has 0 aromatic heterocycles. The zero-order chi connectivity index (χ0) is 21.1. The quantitative estimate of drug-likeness (QED) is 0.474. The first-order valence-corrected chi connectivity index (χ1v) is 8.85. The van der Waals surface area contributed by atoms with Crippen LogP contribution in [0.3, 0.4) is 0 Å². The lowest BCUT2D eigenvalue weighted by Gasteiger charge is -2.09. The van der Waals surface area contributed by atoms with E-state index in [0.29, 0.717) is 29.5 Å². The Labute approximate surface area is 170 Å². The summed E-state index contributed by atoms with van der Waals surface area (Å²) < 4.78 is 15.6. The largest absolute Gasteiger partial charge is 0.493 e. The molecule has 0 aliphatic heterocycles. The molecule has 0 heterocycles. The molecule has 0 aliphatic rings. The number of carbonyl (C=O) groups excluding carboxylic acids is 2. The van der Waals surface area contributed by atoms with Gasteiger partial charge in [-0.1, -0.05) is 18.7 Å². The molecule has 29 heavy (non-hydrogen) atoms. The van der Waals surface area contributed by atoms with Crippen LogP contribution in [0.1, 0.15) is 5.56 Å². The first-order chi connectivity index (χ1) is 14.0. The fourth-order valence-electron chi connectivity index (χ4n) is 2.38. The second kappa shape index (κ2) is 11.3. The average Bonchev–Trinajstić information content (AvgIpc) is 2.72. The zero-order valence-electron chi connectivity index (χ0n) is 16.4. The van der Waals surface area contributed by atoms with Crippen LogP contribution in [-0.2, 0) is 14.3 Å². The fourth-order valence-corrected chi connectivity index (χ4v) is 2.38. The van der Waals surface area contributed by atoms with Gasteiger partial charge in [-0.05, 0) is 48.0 Å². The molecule has 0 aliphatic carbocycles. The Morgan fingerprint density at radius 1 is 1.00 bits per heavy atom. The van der Waals surface area contributed by atoms with Crippen molar-refractivity contribution in [2.75, 3.05) is 38.1 Å². The van der Waals surface area contributed by atoms with Gasteiger partial charge in [0.05, 0.1) is 7.11 Å². The molecule has 0 saturated heterocycles. The number of anilines is 2. The van der Waals surface area contributed by atoms with Crippen molar-refractivity contribution >= 4 is 29.3 Å². The van der Waals surface area contributed by atoms with E-state index >= 15 is 0 Å². The molecular formula is C22H24N2O5. The van der Waals surface area contributed by atoms with Gasteiger partial charge in [-0.2, -0.15) is 0 Å². The summed E-state index contributed by atoms with van der Waals surface area (Å²) in [6, 6.07) is 12.2. The molecule has 2 amide bonds. The van der Waals surface area contributed by atoms with E-state index in [4.69, 9.17) is 14.2 Å². The monoisotopic (exact) mass is 396 g/mol. The molecule has 0 atom stereocenters. The second-order valence-corrected chi connectivity index (χ2v) is 5.89. The Kier molecular flexibility index (Phi) is 8.47. The summed E-state index contributed by atoms with van der Waals surface area (Å²) in [6.45, 7) is 3.97. The Morgan fingerprint density at radius 2 is 1.69 bits per heavy atom. The summed E-state index contributed by atoms with van der Waals surface area (Å²) in [5.74, 6) is 0.642. The van der Waals surface area contributed by atoms with E-state index in [9.17, 15) is 9.59 Å². The van der Waals surface area contributed by atoms with Crippen molar-refractivity contribution in [3.8, 4) is 11.5 Å². The minimum atomic E-state index is -0.285. The molecule has 0 saturated carbocycles. The Balaban J connectivity index is 1.95. The molecule has 0 unspecified atom stereocenters. The van der Waals surface area contributed by atoms with Crippen molar-refractivity contribution in [2.24, 2.45) is 0 Å². The molecule has 0 spiro atoms. The van der Waals surface area contributed by atoms with E-state index < -0.39 is 0 Å². The van der Waals surface area contributed by atoms with Crippen molar-refractivity contribution in [1.29, 1.82) is 0 Å². The van der Waals surface area contributed by atoms with Crippen LogP contribution in [0.15, 0.2) is 61.2 Å². The third kappa shape index (κ3) is 7.15. The van der Waals surface area contributed by atoms with Gasteiger partial charge in [-0.25, -0.2) is 0 Å². The third-order valence-electron chi connectivity index (χ3n) is 3.68. The minimum Gasteiger partial charge on any atom is -0.493 e. The number of methoxy groups -OCH3 is 2. The third-order valence-corrected chi connectivity index (χ3v) is 3.68. The lowest BCUT2D eigenvalue weighted by Crippen LogP contribution is -2.17. The van der Waals surface area contributed by atoms with E-state index in [0.717, 1.165) is 5.56 Å². The van der Waals surface area contributed by atoms with Gasteiger partial charge in [-0.15, -0.1) is 0 Å². The predicted octanol–water partition coefficient (Wildman–Crippen LogP) is 3.50. The lowest BCUT2D eigenvalue weighted by molar-refractivity contribution is -0.119. The van der Waals surface area contributed by atoms with Crippen LogP contribution in [0, 0.1) is 0 Å². The maximum Gasteiger partial charge on any atom is 0.250 e. The Bertz CT molecular complexity index is 875. The summed E-state index contributed by atoms with van der Waals surface area (Å²) >= 11 is 0. The number of hydrogen-bond acceptors (Lipinski definition) is 5. The summed E-state index contributed by atoms with van der Waals surface area (Å²) in [6.07, 6.45) is 4.75. The van der Waals surface area contributed by atoms with Gasteiger partial charge in [-0.3, -0.25) is 9.59 Å². The first kappa shape index (κ1) is 21.7. The van der Waals surface area contributed by atoms with Gasteiger partial charge in [0, 0.05) is 24.6 Å². The van der Waals surface area contributed by atoms with E-state index in [1.807, 2.05) is 6.07 Å². The second-order valence-electron chi connectivity index (χ2n) is 5.89. The van der Waals surface area contributed by atoms with Gasteiger partial charge in [0.1, 0.15) is 13.2 Å². The van der Waals surface area contributed by atoms with Crippen molar-refractivity contribution < 1.29 is 23.8 Å². The molecule has 0 radical (unpaired) electrons. The summed E-state index contributed by atoms with van der Waals surface area (Å²) in [4.78, 5) is 23.6. The molecule has 2 N–H and O–H groups in total. The van der Waals surface area contributed by atoms with Gasteiger partial charge in [0.25, 0.3) is 0 Å². The summed E-state index contributed by atoms with van der Waals surface area (Å²) in [5.41, 5.74) is 2.01. The first-order valence-electron chi connectivity index (χ1n) is 8.85. The van der Waals surface area contributed by atoms with Gasteiger partial charge in [0.2, 0.25) is 11.8 Å². The standard InChI is InChI=1S/C22H24N2O5/c1-4-13-29-19-11-5-16(14-20(19)28-3)6-12-21(25)23-17-7-9-18(10-8-17)24-22(26)15-27-2/h4-12,14H,1,13,15H2,2-3H3,(H,23,25)(H,24,26)/b12-6+. The van der Waals surface area contributed by atoms with Crippen LogP contribution in [0.5, 0.6) is 11.5 Å². The molecule has 152 valence electrons. The molecule has 0 fully saturated rings. The van der Waals surface area contributed by atoms with Crippen molar-refractivity contribution in [3.63, 3.8) is 0 Å². The number of rotatable bonds is 10. The maximum atomic E-state index is 12.1. The molecular weight excluding hydrogens is 372 g/mol. The van der Waals surface area contributed by atoms with Gasteiger partial charge < -0.3 is 24.8 Å². The van der Waals surface area contributed by atoms with Crippen molar-refractivity contribution in [2.45, 2.75) is 0 Å². The van der Waals surface area contributed by atoms with Crippen molar-refractivity contribution in [3.05, 3.63) is 66.8 Å². The number of carbonyl (C=O) groups is 2. The Morgan fingerprint density at radius 3 is 2.31 bits per heavy atom. The lowest BCUT2D eigenvalue weighted by atomic mass is 10.2. The molecule has 2 aromatic rings. The topological polar surface area (TPSA) is 85.9 Å². The highest BCUT2D eigenvalue weighted by Gasteiger charge is 2.05. The highest BCUT2D eigenvalue weighted by atomic mass is 16.5. The maximum absolute atomic E-state index is 12.1. The number of ether oxygens (including phenoxy) is 3. The van der Waals surface area contributed by atoms with Gasteiger partial charge in [0.15, 0.2) is 11.5 Å². The van der Waals surface area contributed by atoms with Crippen LogP contribution in [0.2, 0.25) is 0 Å². The van der Waals surface area contributed by atoms with Crippen LogP contribution in [-0.4, -0.2) is 39.2 Å². The van der Waals surface area contributed by atoms with Crippen LogP contribution < -0.4 is 20.1 Å². The molecule has 0 bridgehead atoms. The van der Waals surface area contributed by atoms with E-state index in [1.165, 1.54) is 13.2 Å². The van der Waals surface area contributed by atoms with E-state index in [1.54, 1.807) is 55.7 Å². The molecule has 7 nitrogen and oxygen atoms in total. The van der Waals surface area contributed by atoms with Gasteiger partial charge >= 0.3 is 0 Å². The summed E-state index contributed by atoms with van der Waals surface area (Å²) in [7, 11) is 3.00. The number of amides is 2. The molecule has 7 heteroatoms. The predicted molar refractivity (Wildman–Crippen MR) is 113 cm³/mol. The SMILES string of the molecule is C=CCOc1ccc(/C=C/C(=O)Nc2ccc(NC(=O)COC)cc2)cc1OC. The van der Waals surface area contributed by atoms with Crippen LogP contribution >= 0.6 is 0 Å². The number of hydrogen-bond donors (Lipinski definition) is 2. The number of benzene rings is 2. The van der Waals surface area contributed by atoms with E-state index in [-0.39, 0.29) is 18.4 Å². The minimum absolute atomic E-state index is 0.0184. The van der Waals surface area contributed by atoms with Crippen LogP contribution in [0.4, 0.5) is 11.4 Å². The average molecular weight is 396 g/mol. The molecule has 2 rings (SSSR count). The highest BCUT2D eigenvalue weighted by Crippen LogP contribution is 2.28. The normalized spacial score (nSPS) is 10.4. The summed E-state index contributed by atoms with van der Waals surface area (Å²) in [5, 5.41) is 5.44. The molecule has 2 aromatic carbocycles. The van der Waals surface area contributed by atoms with Crippen LogP contribution in [0.25, 0.3) is 6.08 Å². The Hall–Kier alpha value is -3.58. The van der Waals surface area contributed by atoms with E-state index in [2.05, 4.69) is 17.2 Å². The number of nitrogens with one attached hydrogen (secondary N) is 2. The zero-order valence-corrected chi connectivity index (χ0v) is 16.4. The fraction of sp³-hybridized carbons (Fsp3) is 0.182. The smallest absolute Gasteiger partial charge is 0.250 e. The van der Waals surface area contributed by atoms with Crippen molar-refractivity contribution in [1.82, 2.24) is 0 Å². The highest BCUT2D eigenvalue weighted by molar-refractivity contribution is 6.02.